The largest absolute Gasteiger partial charge is 0.508 e. The van der Waals surface area contributed by atoms with Crippen molar-refractivity contribution in [2.45, 2.75) is 19.4 Å². The van der Waals surface area contributed by atoms with Crippen molar-refractivity contribution in [3.05, 3.63) is 23.8 Å². The van der Waals surface area contributed by atoms with E-state index < -0.39 is 5.91 Å². The van der Waals surface area contributed by atoms with Crippen LogP contribution < -0.4 is 11.1 Å². The minimum Gasteiger partial charge on any atom is -0.508 e. The molecule has 1 fully saturated rings. The normalized spacial score (nSPS) is 18.8. The van der Waals surface area contributed by atoms with Crippen LogP contribution >= 0.6 is 0 Å². The number of hydrogen-bond acceptors (Lipinski definition) is 5. The third-order valence-electron chi connectivity index (χ3n) is 3.78. The quantitative estimate of drug-likeness (QED) is 0.607. The van der Waals surface area contributed by atoms with Gasteiger partial charge in [0.05, 0.1) is 12.5 Å². The third-order valence-corrected chi connectivity index (χ3v) is 3.78. The second-order valence-electron chi connectivity index (χ2n) is 5.57. The van der Waals surface area contributed by atoms with E-state index in [9.17, 15) is 19.8 Å². The molecule has 1 aromatic rings. The fraction of sp³-hybridized carbons (Fsp3) is 0.467. The van der Waals surface area contributed by atoms with Gasteiger partial charge in [-0.2, -0.15) is 0 Å². The van der Waals surface area contributed by atoms with Crippen LogP contribution in [0.1, 0.15) is 18.4 Å². The lowest BCUT2D eigenvalue weighted by atomic mass is 9.97. The fourth-order valence-corrected chi connectivity index (χ4v) is 2.66. The number of phenolic OH excluding ortho intramolecular Hbond substituents is 2. The van der Waals surface area contributed by atoms with Gasteiger partial charge in [0.25, 0.3) is 0 Å². The molecular formula is C15H21N3O4. The Balaban J connectivity index is 1.87. The van der Waals surface area contributed by atoms with E-state index >= 15 is 0 Å². The van der Waals surface area contributed by atoms with Crippen LogP contribution in [-0.2, 0) is 16.1 Å². The van der Waals surface area contributed by atoms with Crippen LogP contribution in [0.3, 0.4) is 0 Å². The van der Waals surface area contributed by atoms with Gasteiger partial charge in [0, 0.05) is 24.7 Å². The molecule has 0 saturated carbocycles. The summed E-state index contributed by atoms with van der Waals surface area (Å²) in [4.78, 5) is 25.0. The number of primary amides is 1. The van der Waals surface area contributed by atoms with E-state index in [4.69, 9.17) is 5.73 Å². The number of aromatic hydroxyl groups is 2. The van der Waals surface area contributed by atoms with Crippen LogP contribution in [-0.4, -0.2) is 46.6 Å². The summed E-state index contributed by atoms with van der Waals surface area (Å²) in [6.45, 7) is 1.64. The molecular weight excluding hydrogens is 286 g/mol. The minimum absolute atomic E-state index is 0.0260. The van der Waals surface area contributed by atoms with E-state index in [0.29, 0.717) is 12.1 Å². The van der Waals surface area contributed by atoms with Gasteiger partial charge in [-0.25, -0.2) is 0 Å². The summed E-state index contributed by atoms with van der Waals surface area (Å²) in [7, 11) is 0. The highest BCUT2D eigenvalue weighted by molar-refractivity contribution is 5.79. The second-order valence-corrected chi connectivity index (χ2v) is 5.57. The molecule has 1 aliphatic heterocycles. The molecule has 1 heterocycles. The smallest absolute Gasteiger partial charge is 0.231 e. The predicted octanol–water partition coefficient (Wildman–Crippen LogP) is -0.0887. The number of piperidine rings is 1. The Morgan fingerprint density at radius 3 is 2.82 bits per heavy atom. The Bertz CT molecular complexity index is 562. The average molecular weight is 307 g/mol. The van der Waals surface area contributed by atoms with Crippen molar-refractivity contribution in [3.8, 4) is 11.5 Å². The number of nitrogens with one attached hydrogen (secondary N) is 1. The summed E-state index contributed by atoms with van der Waals surface area (Å²) in [6.07, 6.45) is 1.61. The van der Waals surface area contributed by atoms with Crippen molar-refractivity contribution >= 4 is 11.8 Å². The van der Waals surface area contributed by atoms with Gasteiger partial charge in [0.15, 0.2) is 0 Å². The van der Waals surface area contributed by atoms with Gasteiger partial charge in [-0.15, -0.1) is 0 Å². The average Bonchev–Trinajstić information content (AvgIpc) is 2.45. The van der Waals surface area contributed by atoms with Crippen molar-refractivity contribution < 1.29 is 19.8 Å². The highest BCUT2D eigenvalue weighted by Crippen LogP contribution is 2.22. The van der Waals surface area contributed by atoms with Gasteiger partial charge >= 0.3 is 0 Å². The summed E-state index contributed by atoms with van der Waals surface area (Å²) in [6, 6.07) is 4.25. The van der Waals surface area contributed by atoms with Gasteiger partial charge in [-0.3, -0.25) is 14.5 Å². The monoisotopic (exact) mass is 307 g/mol. The molecule has 1 saturated heterocycles. The standard InChI is InChI=1S/C15H21N3O4/c16-14(21)9-18-5-1-2-11(8-18)15(22)17-7-10-3-4-12(19)6-13(10)20/h3-4,6,11,19-20H,1-2,5,7-9H2,(H2,16,21)(H,17,22). The Hall–Kier alpha value is -2.28. The third kappa shape index (κ3) is 4.36. The van der Waals surface area contributed by atoms with E-state index in [1.807, 2.05) is 4.90 Å². The van der Waals surface area contributed by atoms with Crippen molar-refractivity contribution in [2.24, 2.45) is 11.7 Å². The van der Waals surface area contributed by atoms with Gasteiger partial charge in [0.2, 0.25) is 11.8 Å². The molecule has 5 N–H and O–H groups in total. The maximum Gasteiger partial charge on any atom is 0.231 e. The molecule has 0 spiro atoms. The number of rotatable bonds is 5. The lowest BCUT2D eigenvalue weighted by molar-refractivity contribution is -0.128. The zero-order valence-electron chi connectivity index (χ0n) is 12.3. The molecule has 0 aliphatic carbocycles. The van der Waals surface area contributed by atoms with Crippen LogP contribution in [0.25, 0.3) is 0 Å². The molecule has 1 aromatic carbocycles. The number of likely N-dealkylation sites (tertiary alicyclic amines) is 1. The van der Waals surface area contributed by atoms with Crippen LogP contribution in [0.4, 0.5) is 0 Å². The summed E-state index contributed by atoms with van der Waals surface area (Å²) in [5.41, 5.74) is 5.72. The molecule has 7 nitrogen and oxygen atoms in total. The van der Waals surface area contributed by atoms with Gasteiger partial charge in [0.1, 0.15) is 11.5 Å². The molecule has 0 bridgehead atoms. The van der Waals surface area contributed by atoms with Crippen LogP contribution in [0.15, 0.2) is 18.2 Å². The lowest BCUT2D eigenvalue weighted by Gasteiger charge is -2.31. The van der Waals surface area contributed by atoms with E-state index in [2.05, 4.69) is 5.32 Å². The summed E-state index contributed by atoms with van der Waals surface area (Å²) < 4.78 is 0. The second kappa shape index (κ2) is 7.13. The van der Waals surface area contributed by atoms with Gasteiger partial charge in [-0.05, 0) is 31.5 Å². The van der Waals surface area contributed by atoms with Crippen LogP contribution in [0.5, 0.6) is 11.5 Å². The fourth-order valence-electron chi connectivity index (χ4n) is 2.66. The van der Waals surface area contributed by atoms with Crippen molar-refractivity contribution in [3.63, 3.8) is 0 Å². The zero-order chi connectivity index (χ0) is 16.1. The topological polar surface area (TPSA) is 116 Å². The number of nitrogens with zero attached hydrogens (tertiary/aromatic N) is 1. The number of benzene rings is 1. The molecule has 120 valence electrons. The molecule has 2 amide bonds. The number of hydrogen-bond donors (Lipinski definition) is 4. The summed E-state index contributed by atoms with van der Waals surface area (Å²) in [5.74, 6) is -0.773. The first-order valence-corrected chi connectivity index (χ1v) is 7.25. The molecule has 0 radical (unpaired) electrons. The predicted molar refractivity (Wildman–Crippen MR) is 80.0 cm³/mol. The Morgan fingerprint density at radius 2 is 2.14 bits per heavy atom. The molecule has 0 aromatic heterocycles. The maximum absolute atomic E-state index is 12.2. The highest BCUT2D eigenvalue weighted by atomic mass is 16.3. The van der Waals surface area contributed by atoms with Crippen molar-refractivity contribution in [1.82, 2.24) is 10.2 Å². The molecule has 2 rings (SSSR count). The number of amides is 2. The minimum atomic E-state index is -0.393. The number of carbonyl (C=O) groups excluding carboxylic acids is 2. The Kier molecular flexibility index (Phi) is 5.21. The SMILES string of the molecule is NC(=O)CN1CCCC(C(=O)NCc2ccc(O)cc2O)C1. The summed E-state index contributed by atoms with van der Waals surface area (Å²) in [5, 5.41) is 21.7. The Labute approximate surface area is 128 Å². The molecule has 1 unspecified atom stereocenters. The first-order valence-electron chi connectivity index (χ1n) is 7.25. The van der Waals surface area contributed by atoms with Crippen molar-refractivity contribution in [1.29, 1.82) is 0 Å². The zero-order valence-corrected chi connectivity index (χ0v) is 12.3. The first kappa shape index (κ1) is 16.1. The number of nitrogens with two attached hydrogens (primary N) is 1. The van der Waals surface area contributed by atoms with E-state index in [0.717, 1.165) is 19.4 Å². The lowest BCUT2D eigenvalue weighted by Crippen LogP contribution is -2.45. The van der Waals surface area contributed by atoms with E-state index in [-0.39, 0.29) is 36.4 Å². The Morgan fingerprint density at radius 1 is 1.36 bits per heavy atom. The molecule has 1 atom stereocenters. The molecule has 1 aliphatic rings. The van der Waals surface area contributed by atoms with Gasteiger partial charge in [-0.1, -0.05) is 0 Å². The maximum atomic E-state index is 12.2. The molecule has 7 heteroatoms. The molecule has 22 heavy (non-hydrogen) atoms. The highest BCUT2D eigenvalue weighted by Gasteiger charge is 2.26. The van der Waals surface area contributed by atoms with Gasteiger partial charge < -0.3 is 21.3 Å². The first-order chi connectivity index (χ1) is 10.5. The van der Waals surface area contributed by atoms with Crippen LogP contribution in [0.2, 0.25) is 0 Å². The van der Waals surface area contributed by atoms with Crippen LogP contribution in [0, 0.1) is 5.92 Å². The number of phenols is 2. The van der Waals surface area contributed by atoms with E-state index in [1.165, 1.54) is 12.1 Å². The van der Waals surface area contributed by atoms with E-state index in [1.54, 1.807) is 6.07 Å². The summed E-state index contributed by atoms with van der Waals surface area (Å²) >= 11 is 0. The van der Waals surface area contributed by atoms with Crippen molar-refractivity contribution in [2.75, 3.05) is 19.6 Å². The number of carbonyl (C=O) groups is 2.